The number of aryl methyl sites for hydroxylation is 1. The van der Waals surface area contributed by atoms with Crippen molar-refractivity contribution < 1.29 is 9.53 Å². The van der Waals surface area contributed by atoms with Crippen LogP contribution in [0.25, 0.3) is 0 Å². The summed E-state index contributed by atoms with van der Waals surface area (Å²) in [5.41, 5.74) is 2.00. The summed E-state index contributed by atoms with van der Waals surface area (Å²) in [6.07, 6.45) is 6.55. The Morgan fingerprint density at radius 1 is 1.24 bits per heavy atom. The van der Waals surface area contributed by atoms with Crippen LogP contribution in [0.15, 0.2) is 48.8 Å². The van der Waals surface area contributed by atoms with Gasteiger partial charge in [0.2, 0.25) is 0 Å². The Morgan fingerprint density at radius 3 is 2.72 bits per heavy atom. The van der Waals surface area contributed by atoms with E-state index in [1.807, 2.05) is 48.2 Å². The van der Waals surface area contributed by atoms with Gasteiger partial charge in [-0.25, -0.2) is 4.79 Å². The molecule has 1 N–H and O–H groups in total. The number of rotatable bonds is 5. The van der Waals surface area contributed by atoms with Crippen molar-refractivity contribution in [3.05, 3.63) is 54.4 Å². The third-order valence-corrected chi connectivity index (χ3v) is 4.62. The molecule has 3 rings (SSSR count). The maximum absolute atomic E-state index is 12.4. The lowest BCUT2D eigenvalue weighted by atomic mass is 9.94. The molecule has 1 fully saturated rings. The Morgan fingerprint density at radius 2 is 2.00 bits per heavy atom. The smallest absolute Gasteiger partial charge is 0.321 e. The van der Waals surface area contributed by atoms with Crippen molar-refractivity contribution in [2.75, 3.05) is 25.0 Å². The second-order valence-corrected chi connectivity index (χ2v) is 6.55. The van der Waals surface area contributed by atoms with Gasteiger partial charge < -0.3 is 15.0 Å². The lowest BCUT2D eigenvalue weighted by Crippen LogP contribution is -2.41. The van der Waals surface area contributed by atoms with E-state index < -0.39 is 0 Å². The molecular weight excluding hydrogens is 314 g/mol. The molecule has 1 saturated heterocycles. The van der Waals surface area contributed by atoms with Gasteiger partial charge in [-0.05, 0) is 61.9 Å². The number of ether oxygens (including phenoxy) is 1. The van der Waals surface area contributed by atoms with E-state index in [9.17, 15) is 4.79 Å². The lowest BCUT2D eigenvalue weighted by molar-refractivity contribution is 0.170. The zero-order valence-corrected chi connectivity index (χ0v) is 14.6. The van der Waals surface area contributed by atoms with Crippen molar-refractivity contribution in [2.45, 2.75) is 26.2 Å². The van der Waals surface area contributed by atoms with Gasteiger partial charge in [-0.2, -0.15) is 0 Å². The van der Waals surface area contributed by atoms with Crippen LogP contribution in [0.4, 0.5) is 10.5 Å². The average molecular weight is 339 g/mol. The molecule has 1 aliphatic heterocycles. The molecule has 2 heterocycles. The number of nitrogens with one attached hydrogen (secondary N) is 1. The van der Waals surface area contributed by atoms with E-state index >= 15 is 0 Å². The number of nitrogens with zero attached hydrogens (tertiary/aromatic N) is 2. The Bertz CT molecular complexity index is 682. The maximum Gasteiger partial charge on any atom is 0.321 e. The number of urea groups is 1. The maximum atomic E-state index is 12.4. The Balaban J connectivity index is 1.38. The van der Waals surface area contributed by atoms with Gasteiger partial charge in [0.15, 0.2) is 0 Å². The van der Waals surface area contributed by atoms with E-state index in [0.29, 0.717) is 12.5 Å². The van der Waals surface area contributed by atoms with Crippen molar-refractivity contribution in [3.63, 3.8) is 0 Å². The molecule has 25 heavy (non-hydrogen) atoms. The summed E-state index contributed by atoms with van der Waals surface area (Å²) in [7, 11) is 0. The second kappa shape index (κ2) is 8.51. The minimum absolute atomic E-state index is 0.00270. The van der Waals surface area contributed by atoms with Crippen LogP contribution in [0, 0.1) is 12.8 Å². The normalized spacial score (nSPS) is 15.0. The Kier molecular flexibility index (Phi) is 5.88. The van der Waals surface area contributed by atoms with Crippen LogP contribution in [0.5, 0.6) is 5.75 Å². The number of hydrogen-bond acceptors (Lipinski definition) is 3. The number of benzene rings is 1. The van der Waals surface area contributed by atoms with Gasteiger partial charge >= 0.3 is 6.03 Å². The molecule has 1 aromatic carbocycles. The Hall–Kier alpha value is -2.56. The van der Waals surface area contributed by atoms with Gasteiger partial charge in [-0.15, -0.1) is 0 Å². The molecule has 0 unspecified atom stereocenters. The number of hydrogen-bond donors (Lipinski definition) is 1. The van der Waals surface area contributed by atoms with Crippen LogP contribution in [-0.4, -0.2) is 35.6 Å². The molecule has 0 bridgehead atoms. The molecular formula is C20H25N3O2. The second-order valence-electron chi connectivity index (χ2n) is 6.55. The predicted octanol–water partition coefficient (Wildman–Crippen LogP) is 4.10. The fourth-order valence-electron chi connectivity index (χ4n) is 3.13. The van der Waals surface area contributed by atoms with E-state index in [1.54, 1.807) is 12.4 Å². The minimum atomic E-state index is -0.00270. The largest absolute Gasteiger partial charge is 0.493 e. The van der Waals surface area contributed by atoms with E-state index in [0.717, 1.165) is 49.4 Å². The van der Waals surface area contributed by atoms with Gasteiger partial charge in [0.05, 0.1) is 6.61 Å². The molecule has 0 radical (unpaired) electrons. The molecule has 2 amide bonds. The van der Waals surface area contributed by atoms with Gasteiger partial charge in [-0.1, -0.05) is 12.1 Å². The standard InChI is InChI=1S/C20H25N3O2/c1-16-3-2-4-18(15-16)22-20(24)23-12-7-17(8-13-23)9-14-25-19-5-10-21-11-6-19/h2-6,10-11,15,17H,7-9,12-14H2,1H3,(H,22,24). The summed E-state index contributed by atoms with van der Waals surface area (Å²) in [4.78, 5) is 18.3. The summed E-state index contributed by atoms with van der Waals surface area (Å²) in [6.45, 7) is 4.34. The van der Waals surface area contributed by atoms with Crippen molar-refractivity contribution >= 4 is 11.7 Å². The van der Waals surface area contributed by atoms with Crippen molar-refractivity contribution in [1.29, 1.82) is 0 Å². The van der Waals surface area contributed by atoms with Gasteiger partial charge in [0.1, 0.15) is 5.75 Å². The number of likely N-dealkylation sites (tertiary alicyclic amines) is 1. The fraction of sp³-hybridized carbons (Fsp3) is 0.400. The first-order chi connectivity index (χ1) is 12.2. The molecule has 1 aromatic heterocycles. The highest BCUT2D eigenvalue weighted by atomic mass is 16.5. The van der Waals surface area contributed by atoms with E-state index in [-0.39, 0.29) is 6.03 Å². The van der Waals surface area contributed by atoms with E-state index in [4.69, 9.17) is 4.74 Å². The third-order valence-electron chi connectivity index (χ3n) is 4.62. The Labute approximate surface area is 149 Å². The molecule has 5 nitrogen and oxygen atoms in total. The van der Waals surface area contributed by atoms with Crippen molar-refractivity contribution in [3.8, 4) is 5.75 Å². The van der Waals surface area contributed by atoms with Crippen LogP contribution in [0.2, 0.25) is 0 Å². The summed E-state index contributed by atoms with van der Waals surface area (Å²) in [6, 6.07) is 11.6. The highest BCUT2D eigenvalue weighted by Crippen LogP contribution is 2.22. The number of anilines is 1. The number of pyridine rings is 1. The first kappa shape index (κ1) is 17.3. The summed E-state index contributed by atoms with van der Waals surface area (Å²) in [5.74, 6) is 1.48. The fourth-order valence-corrected chi connectivity index (χ4v) is 3.13. The predicted molar refractivity (Wildman–Crippen MR) is 98.8 cm³/mol. The number of carbonyl (C=O) groups excluding carboxylic acids is 1. The number of piperidine rings is 1. The molecule has 0 aliphatic carbocycles. The first-order valence-corrected chi connectivity index (χ1v) is 8.86. The topological polar surface area (TPSA) is 54.5 Å². The zero-order valence-electron chi connectivity index (χ0n) is 14.6. The van der Waals surface area contributed by atoms with E-state index in [1.165, 1.54) is 0 Å². The summed E-state index contributed by atoms with van der Waals surface area (Å²) in [5, 5.41) is 2.99. The average Bonchev–Trinajstić information content (AvgIpc) is 2.63. The quantitative estimate of drug-likeness (QED) is 0.892. The molecule has 0 atom stereocenters. The number of aromatic nitrogens is 1. The SMILES string of the molecule is Cc1cccc(NC(=O)N2CCC(CCOc3ccncc3)CC2)c1. The van der Waals surface area contributed by atoms with Crippen LogP contribution in [0.1, 0.15) is 24.8 Å². The zero-order chi connectivity index (χ0) is 17.5. The van der Waals surface area contributed by atoms with Crippen LogP contribution >= 0.6 is 0 Å². The molecule has 5 heteroatoms. The van der Waals surface area contributed by atoms with E-state index in [2.05, 4.69) is 10.3 Å². The number of carbonyl (C=O) groups is 1. The van der Waals surface area contributed by atoms with Gasteiger partial charge in [0, 0.05) is 31.2 Å². The lowest BCUT2D eigenvalue weighted by Gasteiger charge is -2.32. The van der Waals surface area contributed by atoms with Crippen LogP contribution in [0.3, 0.4) is 0 Å². The van der Waals surface area contributed by atoms with Crippen molar-refractivity contribution in [1.82, 2.24) is 9.88 Å². The van der Waals surface area contributed by atoms with Gasteiger partial charge in [-0.3, -0.25) is 4.98 Å². The van der Waals surface area contributed by atoms with Crippen LogP contribution < -0.4 is 10.1 Å². The summed E-state index contributed by atoms with van der Waals surface area (Å²) < 4.78 is 5.74. The highest BCUT2D eigenvalue weighted by molar-refractivity contribution is 5.89. The monoisotopic (exact) mass is 339 g/mol. The molecule has 132 valence electrons. The molecule has 2 aromatic rings. The minimum Gasteiger partial charge on any atom is -0.493 e. The van der Waals surface area contributed by atoms with Gasteiger partial charge in [0.25, 0.3) is 0 Å². The van der Waals surface area contributed by atoms with Crippen molar-refractivity contribution in [2.24, 2.45) is 5.92 Å². The first-order valence-electron chi connectivity index (χ1n) is 8.86. The highest BCUT2D eigenvalue weighted by Gasteiger charge is 2.22. The van der Waals surface area contributed by atoms with Crippen LogP contribution in [-0.2, 0) is 0 Å². The summed E-state index contributed by atoms with van der Waals surface area (Å²) >= 11 is 0. The molecule has 1 aliphatic rings. The third kappa shape index (κ3) is 5.21. The molecule has 0 spiro atoms. The molecule has 0 saturated carbocycles. The number of amides is 2.